The molecule has 0 aliphatic rings. The molecule has 0 rings (SSSR count). The van der Waals surface area contributed by atoms with Crippen LogP contribution in [-0.2, 0) is 28.6 Å². The number of unbranched alkanes of at least 4 members (excludes halogenated alkanes) is 15. The number of hydrogen-bond donors (Lipinski definition) is 0. The van der Waals surface area contributed by atoms with Gasteiger partial charge in [0.25, 0.3) is 0 Å². The Hall–Kier alpha value is -4.97. The quantitative estimate of drug-likeness (QED) is 0.0261. The van der Waals surface area contributed by atoms with Gasteiger partial charge >= 0.3 is 17.9 Å². The highest BCUT2D eigenvalue weighted by Crippen LogP contribution is 2.13. The van der Waals surface area contributed by atoms with Crippen molar-refractivity contribution in [1.29, 1.82) is 0 Å². The highest BCUT2D eigenvalue weighted by molar-refractivity contribution is 5.71. The summed E-state index contributed by atoms with van der Waals surface area (Å²) in [6.45, 7) is 6.30. The van der Waals surface area contributed by atoms with Gasteiger partial charge in [-0.3, -0.25) is 14.4 Å². The second-order valence-corrected chi connectivity index (χ2v) is 19.1. The Morgan fingerprint density at radius 2 is 0.520 bits per heavy atom. The average Bonchev–Trinajstić information content (AvgIpc) is 3.41. The number of rotatable bonds is 52. The minimum atomic E-state index is -0.816. The molecular formula is C69H108O6. The Balaban J connectivity index is 4.35. The van der Waals surface area contributed by atoms with Crippen molar-refractivity contribution >= 4 is 17.9 Å². The number of ether oxygens (including phenoxy) is 3. The van der Waals surface area contributed by atoms with Gasteiger partial charge in [0.15, 0.2) is 6.10 Å². The lowest BCUT2D eigenvalue weighted by Crippen LogP contribution is -2.30. The van der Waals surface area contributed by atoms with Gasteiger partial charge in [-0.15, -0.1) is 0 Å². The van der Waals surface area contributed by atoms with E-state index in [4.69, 9.17) is 14.2 Å². The molecule has 6 heteroatoms. The Kier molecular flexibility index (Phi) is 57.5. The van der Waals surface area contributed by atoms with E-state index >= 15 is 0 Å². The van der Waals surface area contributed by atoms with Gasteiger partial charge in [-0.25, -0.2) is 0 Å². The van der Waals surface area contributed by atoms with Crippen molar-refractivity contribution in [3.8, 4) is 0 Å². The second kappa shape index (κ2) is 61.6. The fourth-order valence-electron chi connectivity index (χ4n) is 7.55. The number of carbonyl (C=O) groups is 3. The van der Waals surface area contributed by atoms with Crippen molar-refractivity contribution in [2.24, 2.45) is 0 Å². The van der Waals surface area contributed by atoms with Crippen LogP contribution in [0.3, 0.4) is 0 Å². The van der Waals surface area contributed by atoms with Crippen LogP contribution >= 0.6 is 0 Å². The number of esters is 3. The normalized spacial score (nSPS) is 13.3. The molecule has 0 aromatic carbocycles. The Morgan fingerprint density at radius 3 is 0.853 bits per heavy atom. The Labute approximate surface area is 460 Å². The minimum Gasteiger partial charge on any atom is -0.462 e. The first-order chi connectivity index (χ1) is 37.0. The summed E-state index contributed by atoms with van der Waals surface area (Å²) in [5, 5.41) is 0. The van der Waals surface area contributed by atoms with E-state index in [9.17, 15) is 14.4 Å². The van der Waals surface area contributed by atoms with E-state index in [1.165, 1.54) is 38.5 Å². The smallest absolute Gasteiger partial charge is 0.306 e. The van der Waals surface area contributed by atoms with Crippen LogP contribution in [0.15, 0.2) is 158 Å². The van der Waals surface area contributed by atoms with Crippen LogP contribution in [-0.4, -0.2) is 37.2 Å². The van der Waals surface area contributed by atoms with Crippen LogP contribution in [0.5, 0.6) is 0 Å². The maximum Gasteiger partial charge on any atom is 0.306 e. The highest BCUT2D eigenvalue weighted by Gasteiger charge is 2.19. The summed E-state index contributed by atoms with van der Waals surface area (Å²) in [6, 6.07) is 0. The molecule has 0 amide bonds. The van der Waals surface area contributed by atoms with Crippen LogP contribution in [0.2, 0.25) is 0 Å². The standard InChI is InChI=1S/C69H108O6/c1-4-7-10-13-16-19-22-24-26-27-28-29-30-31-32-33-34-35-36-37-38-39-40-41-43-44-47-50-53-56-59-62-68(71)74-65-66(64-73-67(70)61-58-55-52-49-46-21-18-15-12-9-6-3)75-69(72)63-60-57-54-51-48-45-42-25-23-20-17-14-11-8-5-2/h7-8,10-11,15-20,24-26,28-29,31-32,34-35,37-38,40-42,48,51,66H,4-6,9,12-14,21-23,27,30,33,36,39,43-47,49-50,52-65H2,1-3H3/b10-7-,11-8-,18-15-,19-16-,20-17-,26-24-,29-28-,32-31-,35-34-,38-37-,41-40-,42-25-,51-48-. The summed E-state index contributed by atoms with van der Waals surface area (Å²) in [4.78, 5) is 38.1. The van der Waals surface area contributed by atoms with E-state index in [2.05, 4.69) is 179 Å². The van der Waals surface area contributed by atoms with Crippen LogP contribution < -0.4 is 0 Å². The Morgan fingerprint density at radius 1 is 0.280 bits per heavy atom. The number of carbonyl (C=O) groups excluding carboxylic acids is 3. The minimum absolute atomic E-state index is 0.110. The van der Waals surface area contributed by atoms with E-state index in [1.807, 2.05) is 0 Å². The van der Waals surface area contributed by atoms with Gasteiger partial charge < -0.3 is 14.2 Å². The van der Waals surface area contributed by atoms with Crippen LogP contribution in [0, 0.1) is 0 Å². The molecule has 0 aromatic heterocycles. The molecule has 1 unspecified atom stereocenters. The van der Waals surface area contributed by atoms with Crippen LogP contribution in [0.1, 0.15) is 239 Å². The number of allylic oxidation sites excluding steroid dienone is 26. The zero-order chi connectivity index (χ0) is 54.3. The Bertz CT molecular complexity index is 1710. The van der Waals surface area contributed by atoms with Gasteiger partial charge in [0.1, 0.15) is 13.2 Å². The molecule has 0 bridgehead atoms. The molecule has 0 aliphatic carbocycles. The fraction of sp³-hybridized carbons (Fsp3) is 0.580. The summed E-state index contributed by atoms with van der Waals surface area (Å²) in [7, 11) is 0. The van der Waals surface area contributed by atoms with Gasteiger partial charge in [-0.05, 0) is 141 Å². The third kappa shape index (κ3) is 59.8. The first-order valence-corrected chi connectivity index (χ1v) is 30.0. The maximum atomic E-state index is 12.8. The monoisotopic (exact) mass is 1030 g/mol. The fourth-order valence-corrected chi connectivity index (χ4v) is 7.55. The molecule has 0 heterocycles. The lowest BCUT2D eigenvalue weighted by molar-refractivity contribution is -0.167. The highest BCUT2D eigenvalue weighted by atomic mass is 16.6. The average molecular weight is 1030 g/mol. The molecule has 0 spiro atoms. The van der Waals surface area contributed by atoms with Gasteiger partial charge in [0.05, 0.1) is 0 Å². The molecule has 75 heavy (non-hydrogen) atoms. The van der Waals surface area contributed by atoms with Crippen LogP contribution in [0.25, 0.3) is 0 Å². The molecule has 1 atom stereocenters. The van der Waals surface area contributed by atoms with E-state index < -0.39 is 6.10 Å². The first-order valence-electron chi connectivity index (χ1n) is 30.0. The summed E-state index contributed by atoms with van der Waals surface area (Å²) in [5.74, 6) is -0.985. The van der Waals surface area contributed by atoms with Crippen molar-refractivity contribution in [3.63, 3.8) is 0 Å². The van der Waals surface area contributed by atoms with Gasteiger partial charge in [-0.1, -0.05) is 237 Å². The predicted molar refractivity (Wildman–Crippen MR) is 325 cm³/mol. The summed E-state index contributed by atoms with van der Waals surface area (Å²) in [6.07, 6.45) is 89.6. The second-order valence-electron chi connectivity index (χ2n) is 19.1. The lowest BCUT2D eigenvalue weighted by atomic mass is 10.1. The zero-order valence-corrected chi connectivity index (χ0v) is 48.0. The van der Waals surface area contributed by atoms with Crippen molar-refractivity contribution in [2.75, 3.05) is 13.2 Å². The topological polar surface area (TPSA) is 78.9 Å². The van der Waals surface area contributed by atoms with E-state index in [1.54, 1.807) is 0 Å². The van der Waals surface area contributed by atoms with E-state index in [0.717, 1.165) is 154 Å². The molecule has 0 fully saturated rings. The summed E-state index contributed by atoms with van der Waals surface area (Å²) >= 11 is 0. The van der Waals surface area contributed by atoms with Crippen molar-refractivity contribution < 1.29 is 28.6 Å². The predicted octanol–water partition coefficient (Wildman–Crippen LogP) is 20.5. The van der Waals surface area contributed by atoms with Gasteiger partial charge in [0, 0.05) is 19.3 Å². The molecule has 0 radical (unpaired) electrons. The summed E-state index contributed by atoms with van der Waals surface area (Å²) in [5.41, 5.74) is 0. The molecular weight excluding hydrogens is 925 g/mol. The molecule has 0 aliphatic heterocycles. The molecule has 0 aromatic rings. The van der Waals surface area contributed by atoms with E-state index in [-0.39, 0.29) is 37.5 Å². The molecule has 0 N–H and O–H groups in total. The molecule has 0 saturated carbocycles. The van der Waals surface area contributed by atoms with Crippen molar-refractivity contribution in [2.45, 2.75) is 245 Å². The lowest BCUT2D eigenvalue weighted by Gasteiger charge is -2.18. The molecule has 0 saturated heterocycles. The van der Waals surface area contributed by atoms with Crippen molar-refractivity contribution in [1.82, 2.24) is 0 Å². The summed E-state index contributed by atoms with van der Waals surface area (Å²) < 4.78 is 16.8. The van der Waals surface area contributed by atoms with Crippen molar-refractivity contribution in [3.05, 3.63) is 158 Å². The van der Waals surface area contributed by atoms with Gasteiger partial charge in [-0.2, -0.15) is 0 Å². The third-order valence-corrected chi connectivity index (χ3v) is 12.0. The van der Waals surface area contributed by atoms with E-state index in [0.29, 0.717) is 19.3 Å². The largest absolute Gasteiger partial charge is 0.462 e. The first kappa shape index (κ1) is 70.0. The van der Waals surface area contributed by atoms with Gasteiger partial charge in [0.2, 0.25) is 0 Å². The third-order valence-electron chi connectivity index (χ3n) is 12.0. The molecule has 420 valence electrons. The maximum absolute atomic E-state index is 12.8. The zero-order valence-electron chi connectivity index (χ0n) is 48.0. The van der Waals surface area contributed by atoms with Crippen LogP contribution in [0.4, 0.5) is 0 Å². The number of hydrogen-bond acceptors (Lipinski definition) is 6. The molecule has 6 nitrogen and oxygen atoms in total. The SMILES string of the molecule is CC/C=C\C/C=C\C/C=C\C/C=C\C/C=C\C/C=C\C/C=C\C/C=C\CCCCCCCCC(=O)OCC(COC(=O)CCCCCCC/C=C\CCCC)OC(=O)CCCC/C=C\C/C=C\C/C=C\C/C=C\CC.